The van der Waals surface area contributed by atoms with E-state index in [0.29, 0.717) is 11.7 Å². The highest BCUT2D eigenvalue weighted by atomic mass is 32.2. The monoisotopic (exact) mass is 268 g/mol. The van der Waals surface area contributed by atoms with Gasteiger partial charge in [0.1, 0.15) is 6.33 Å². The lowest BCUT2D eigenvalue weighted by molar-refractivity contribution is 0.200. The number of unbranched alkanes of at least 4 members (excludes halogenated alkanes) is 1. The zero-order valence-electron chi connectivity index (χ0n) is 11.0. The third-order valence-electron chi connectivity index (χ3n) is 2.34. The lowest BCUT2D eigenvalue weighted by Crippen LogP contribution is -2.36. The highest BCUT2D eigenvalue weighted by Gasteiger charge is 2.15. The molecule has 0 saturated heterocycles. The van der Waals surface area contributed by atoms with Crippen LogP contribution in [0.4, 0.5) is 4.79 Å². The Hall–Kier alpha value is -1.30. The second kappa shape index (κ2) is 7.92. The topological polar surface area (TPSA) is 51.0 Å². The Balaban J connectivity index is 2.70. The van der Waals surface area contributed by atoms with Crippen molar-refractivity contribution in [3.8, 4) is 0 Å². The van der Waals surface area contributed by atoms with Crippen molar-refractivity contribution in [3.63, 3.8) is 0 Å². The van der Waals surface area contributed by atoms with Crippen LogP contribution < -0.4 is 0 Å². The quantitative estimate of drug-likeness (QED) is 0.563. The summed E-state index contributed by atoms with van der Waals surface area (Å²) in [5.74, 6) is 0.893. The van der Waals surface area contributed by atoms with Gasteiger partial charge in [-0.25, -0.2) is 9.78 Å². The average Bonchev–Trinajstić information content (AvgIpc) is 2.83. The Morgan fingerprint density at radius 2 is 2.39 bits per heavy atom. The van der Waals surface area contributed by atoms with Gasteiger partial charge in [-0.2, -0.15) is 4.68 Å². The molecule has 0 spiro atoms. The first-order valence-electron chi connectivity index (χ1n) is 6.17. The minimum atomic E-state index is -0.140. The number of carbonyl (C=O) groups is 1. The summed E-state index contributed by atoms with van der Waals surface area (Å²) in [4.78, 5) is 18.0. The standard InChI is InChI=1S/C12H20N4OS/c1-4-7-9-15(8-5-2)12(17)16-10-13-11(14-16)18-6-3/h5,10H,2,4,6-9H2,1,3H3. The molecular weight excluding hydrogens is 248 g/mol. The number of rotatable bonds is 7. The molecule has 0 aliphatic carbocycles. The Morgan fingerprint density at radius 1 is 1.61 bits per heavy atom. The van der Waals surface area contributed by atoms with Crippen LogP contribution in [0, 0.1) is 0 Å². The number of thioether (sulfide) groups is 1. The van der Waals surface area contributed by atoms with Gasteiger partial charge in [0.15, 0.2) is 0 Å². The number of aromatic nitrogens is 3. The van der Waals surface area contributed by atoms with Crippen molar-refractivity contribution in [2.45, 2.75) is 31.8 Å². The molecular formula is C12H20N4OS. The van der Waals surface area contributed by atoms with Gasteiger partial charge in [-0.1, -0.05) is 38.1 Å². The number of amides is 1. The molecule has 1 rings (SSSR count). The van der Waals surface area contributed by atoms with Crippen LogP contribution in [0.2, 0.25) is 0 Å². The second-order valence-corrected chi connectivity index (χ2v) is 5.01. The van der Waals surface area contributed by atoms with E-state index in [4.69, 9.17) is 0 Å². The minimum absolute atomic E-state index is 0.140. The van der Waals surface area contributed by atoms with Crippen LogP contribution in [-0.4, -0.2) is 44.5 Å². The van der Waals surface area contributed by atoms with Crippen LogP contribution in [0.5, 0.6) is 0 Å². The highest BCUT2D eigenvalue weighted by Crippen LogP contribution is 2.10. The third kappa shape index (κ3) is 4.18. The fourth-order valence-electron chi connectivity index (χ4n) is 1.45. The SMILES string of the molecule is C=CCN(CCCC)C(=O)n1cnc(SCC)n1. The molecule has 1 aromatic heterocycles. The first-order chi connectivity index (χ1) is 8.72. The summed E-state index contributed by atoms with van der Waals surface area (Å²) in [5, 5.41) is 4.79. The molecule has 0 saturated carbocycles. The van der Waals surface area contributed by atoms with Crippen molar-refractivity contribution in [1.82, 2.24) is 19.7 Å². The summed E-state index contributed by atoms with van der Waals surface area (Å²) in [7, 11) is 0. The second-order valence-electron chi connectivity index (χ2n) is 3.78. The van der Waals surface area contributed by atoms with Crippen molar-refractivity contribution in [3.05, 3.63) is 19.0 Å². The van der Waals surface area contributed by atoms with Gasteiger partial charge in [0.05, 0.1) is 0 Å². The van der Waals surface area contributed by atoms with Crippen molar-refractivity contribution in [1.29, 1.82) is 0 Å². The summed E-state index contributed by atoms with van der Waals surface area (Å²) in [6.07, 6.45) is 5.23. The van der Waals surface area contributed by atoms with E-state index in [2.05, 4.69) is 23.6 Å². The van der Waals surface area contributed by atoms with Crippen LogP contribution in [0.1, 0.15) is 26.7 Å². The molecule has 1 heterocycles. The van der Waals surface area contributed by atoms with Crippen LogP contribution in [0.25, 0.3) is 0 Å². The normalized spacial score (nSPS) is 10.3. The number of hydrogen-bond acceptors (Lipinski definition) is 4. The fourth-order valence-corrected chi connectivity index (χ4v) is 1.98. The Labute approximate surface area is 112 Å². The first-order valence-corrected chi connectivity index (χ1v) is 7.16. The molecule has 0 unspecified atom stereocenters. The Kier molecular flexibility index (Phi) is 6.49. The Bertz CT molecular complexity index is 391. The predicted molar refractivity (Wildman–Crippen MR) is 73.9 cm³/mol. The minimum Gasteiger partial charge on any atom is -0.319 e. The van der Waals surface area contributed by atoms with Gasteiger partial charge in [-0.15, -0.1) is 11.7 Å². The van der Waals surface area contributed by atoms with Gasteiger partial charge >= 0.3 is 6.03 Å². The highest BCUT2D eigenvalue weighted by molar-refractivity contribution is 7.99. The number of carbonyl (C=O) groups excluding carboxylic acids is 1. The van der Waals surface area contributed by atoms with Gasteiger partial charge < -0.3 is 4.90 Å². The lowest BCUT2D eigenvalue weighted by atomic mass is 10.3. The van der Waals surface area contributed by atoms with E-state index >= 15 is 0 Å². The molecule has 6 heteroatoms. The molecule has 0 atom stereocenters. The van der Waals surface area contributed by atoms with Crippen molar-refractivity contribution in [2.24, 2.45) is 0 Å². The van der Waals surface area contributed by atoms with Crippen LogP contribution in [-0.2, 0) is 0 Å². The maximum Gasteiger partial charge on any atom is 0.346 e. The predicted octanol–water partition coefficient (Wildman–Crippen LogP) is 2.65. The Morgan fingerprint density at radius 3 is 3.00 bits per heavy atom. The van der Waals surface area contributed by atoms with Crippen LogP contribution in [0.3, 0.4) is 0 Å². The maximum atomic E-state index is 12.2. The van der Waals surface area contributed by atoms with Gasteiger partial charge in [-0.3, -0.25) is 0 Å². The molecule has 0 aliphatic rings. The fraction of sp³-hybridized carbons (Fsp3) is 0.583. The van der Waals surface area contributed by atoms with Crippen molar-refractivity contribution >= 4 is 17.8 Å². The van der Waals surface area contributed by atoms with E-state index in [1.54, 1.807) is 11.0 Å². The van der Waals surface area contributed by atoms with Gasteiger partial charge in [0.25, 0.3) is 0 Å². The van der Waals surface area contributed by atoms with E-state index in [9.17, 15) is 4.79 Å². The van der Waals surface area contributed by atoms with Crippen LogP contribution >= 0.6 is 11.8 Å². The first kappa shape index (κ1) is 14.8. The molecule has 18 heavy (non-hydrogen) atoms. The smallest absolute Gasteiger partial charge is 0.319 e. The molecule has 0 N–H and O–H groups in total. The van der Waals surface area contributed by atoms with Gasteiger partial charge in [0, 0.05) is 13.1 Å². The summed E-state index contributed by atoms with van der Waals surface area (Å²) in [5.41, 5.74) is 0. The summed E-state index contributed by atoms with van der Waals surface area (Å²) in [6, 6.07) is -0.140. The third-order valence-corrected chi connectivity index (χ3v) is 3.08. The van der Waals surface area contributed by atoms with Crippen molar-refractivity contribution < 1.29 is 4.79 Å². The van der Waals surface area contributed by atoms with E-state index < -0.39 is 0 Å². The van der Waals surface area contributed by atoms with Crippen molar-refractivity contribution in [2.75, 3.05) is 18.8 Å². The molecule has 0 aliphatic heterocycles. The van der Waals surface area contributed by atoms with E-state index in [0.717, 1.165) is 25.1 Å². The van der Waals surface area contributed by atoms with Gasteiger partial charge in [0.2, 0.25) is 5.16 Å². The molecule has 0 radical (unpaired) electrons. The molecule has 0 fully saturated rings. The van der Waals surface area contributed by atoms with E-state index in [1.807, 2.05) is 6.92 Å². The molecule has 100 valence electrons. The maximum absolute atomic E-state index is 12.2. The zero-order chi connectivity index (χ0) is 13.4. The zero-order valence-corrected chi connectivity index (χ0v) is 11.8. The molecule has 0 bridgehead atoms. The number of nitrogens with zero attached hydrogens (tertiary/aromatic N) is 4. The lowest BCUT2D eigenvalue weighted by Gasteiger charge is -2.19. The summed E-state index contributed by atoms with van der Waals surface area (Å²) >= 11 is 1.52. The number of hydrogen-bond donors (Lipinski definition) is 0. The van der Waals surface area contributed by atoms with E-state index in [-0.39, 0.29) is 6.03 Å². The average molecular weight is 268 g/mol. The summed E-state index contributed by atoms with van der Waals surface area (Å²) in [6.45, 7) is 9.06. The molecule has 1 amide bonds. The summed E-state index contributed by atoms with van der Waals surface area (Å²) < 4.78 is 1.30. The van der Waals surface area contributed by atoms with Gasteiger partial charge in [-0.05, 0) is 12.2 Å². The molecule has 1 aromatic rings. The van der Waals surface area contributed by atoms with E-state index in [1.165, 1.54) is 22.8 Å². The largest absolute Gasteiger partial charge is 0.346 e. The van der Waals surface area contributed by atoms with Crippen LogP contribution in [0.15, 0.2) is 24.1 Å². The molecule has 0 aromatic carbocycles. The molecule has 5 nitrogen and oxygen atoms in total.